The third kappa shape index (κ3) is 1.09. The largest absolute Gasteiger partial charge is 0.0584 e. The Kier molecular flexibility index (Phi) is 1.34. The van der Waals surface area contributed by atoms with Crippen LogP contribution in [0, 0.1) is 19.9 Å². The fourth-order valence-electron chi connectivity index (χ4n) is 0.648. The van der Waals surface area contributed by atoms with Crippen molar-refractivity contribution in [3.05, 3.63) is 42.3 Å². The maximum absolute atomic E-state index is 3.76. The molecule has 0 N–H and O–H groups in total. The highest BCUT2D eigenvalue weighted by molar-refractivity contribution is 5.22. The van der Waals surface area contributed by atoms with E-state index >= 15 is 0 Å². The molecule has 40 valence electrons. The van der Waals surface area contributed by atoms with Crippen LogP contribution in [-0.4, -0.2) is 0 Å². The highest BCUT2D eigenvalue weighted by Crippen LogP contribution is 1.99. The Morgan fingerprint density at radius 3 is 2.75 bits per heavy atom. The molecular formula is C8H8. The van der Waals surface area contributed by atoms with Crippen molar-refractivity contribution in [2.75, 3.05) is 0 Å². The summed E-state index contributed by atoms with van der Waals surface area (Å²) in [6.45, 7) is 5.77. The molecule has 1 aromatic carbocycles. The Hall–Kier alpha value is -0.780. The summed E-state index contributed by atoms with van der Waals surface area (Å²) in [4.78, 5) is 0. The Morgan fingerprint density at radius 2 is 2.38 bits per heavy atom. The molecule has 0 saturated carbocycles. The first-order valence-electron chi connectivity index (χ1n) is 2.59. The van der Waals surface area contributed by atoms with Gasteiger partial charge < -0.3 is 0 Å². The minimum absolute atomic E-state index is 1.06. The van der Waals surface area contributed by atoms with Crippen LogP contribution in [0.5, 0.6) is 0 Å². The van der Waals surface area contributed by atoms with E-state index in [4.69, 9.17) is 0 Å². The molecule has 1 rings (SSSR count). The van der Waals surface area contributed by atoms with Crippen molar-refractivity contribution < 1.29 is 0 Å². The molecule has 0 saturated heterocycles. The first-order valence-corrected chi connectivity index (χ1v) is 2.59. The van der Waals surface area contributed by atoms with Gasteiger partial charge in [-0.15, -0.1) is 0 Å². The van der Waals surface area contributed by atoms with E-state index in [1.807, 2.05) is 25.1 Å². The Labute approximate surface area is 50.2 Å². The van der Waals surface area contributed by atoms with Crippen molar-refractivity contribution in [1.82, 2.24) is 0 Å². The zero-order chi connectivity index (χ0) is 5.98. The predicted octanol–water partition coefficient (Wildman–Crippen LogP) is 1.98. The van der Waals surface area contributed by atoms with E-state index in [1.165, 1.54) is 0 Å². The molecule has 1 aromatic rings. The van der Waals surface area contributed by atoms with Crippen LogP contribution in [0.3, 0.4) is 0 Å². The summed E-state index contributed by atoms with van der Waals surface area (Å²) < 4.78 is 0. The summed E-state index contributed by atoms with van der Waals surface area (Å²) in [5, 5.41) is 0. The summed E-state index contributed by atoms with van der Waals surface area (Å²) in [6, 6.07) is 8.86. The standard InChI is InChI=1S/C8H8/c1-7-4-3-5-8(2)6-7/h3-4,6H,1H2,2H3. The molecule has 0 amide bonds. The second-order valence-corrected chi connectivity index (χ2v) is 1.88. The number of rotatable bonds is 0. The van der Waals surface area contributed by atoms with Gasteiger partial charge in [-0.3, -0.25) is 0 Å². The van der Waals surface area contributed by atoms with E-state index < -0.39 is 0 Å². The van der Waals surface area contributed by atoms with Gasteiger partial charge >= 0.3 is 0 Å². The lowest BCUT2D eigenvalue weighted by atomic mass is 10.2. The van der Waals surface area contributed by atoms with Gasteiger partial charge in [0, 0.05) is 0 Å². The molecule has 0 aliphatic heterocycles. The maximum Gasteiger partial charge on any atom is -0.0152 e. The summed E-state index contributed by atoms with van der Waals surface area (Å²) in [6.07, 6.45) is 0. The number of benzene rings is 1. The molecule has 0 fully saturated rings. The number of aryl methyl sites for hydroxylation is 1. The van der Waals surface area contributed by atoms with Crippen LogP contribution in [0.1, 0.15) is 11.1 Å². The molecule has 0 aliphatic rings. The first kappa shape index (κ1) is 5.36. The van der Waals surface area contributed by atoms with E-state index in [1.54, 1.807) is 0 Å². The number of hydrogen-bond acceptors (Lipinski definition) is 0. The number of hydrogen-bond donors (Lipinski definition) is 0. The molecule has 0 spiro atoms. The van der Waals surface area contributed by atoms with Crippen molar-refractivity contribution in [3.8, 4) is 0 Å². The smallest absolute Gasteiger partial charge is 0.0152 e. The third-order valence-corrected chi connectivity index (χ3v) is 1.01. The molecule has 0 heteroatoms. The molecule has 0 nitrogen and oxygen atoms in total. The molecule has 0 aliphatic carbocycles. The van der Waals surface area contributed by atoms with Crippen molar-refractivity contribution in [1.29, 1.82) is 0 Å². The summed E-state index contributed by atoms with van der Waals surface area (Å²) >= 11 is 0. The van der Waals surface area contributed by atoms with E-state index in [0.717, 1.165) is 11.1 Å². The van der Waals surface area contributed by atoms with E-state index in [-0.39, 0.29) is 0 Å². The minimum atomic E-state index is 1.06. The molecule has 0 atom stereocenters. The molecule has 0 aromatic heterocycles. The molecular weight excluding hydrogens is 96.1 g/mol. The Balaban J connectivity index is 3.08. The van der Waals surface area contributed by atoms with Crippen LogP contribution in [0.25, 0.3) is 0 Å². The quantitative estimate of drug-likeness (QED) is 0.472. The second kappa shape index (κ2) is 1.99. The first-order chi connectivity index (χ1) is 3.79. The lowest BCUT2D eigenvalue weighted by Crippen LogP contribution is -1.72. The topological polar surface area (TPSA) is 0 Å². The summed E-state index contributed by atoms with van der Waals surface area (Å²) in [5.74, 6) is 0. The molecule has 0 bridgehead atoms. The van der Waals surface area contributed by atoms with Crippen molar-refractivity contribution in [3.63, 3.8) is 0 Å². The zero-order valence-electron chi connectivity index (χ0n) is 4.94. The SMILES string of the molecule is [CH2]c1cc[c]c(C)c1. The van der Waals surface area contributed by atoms with Crippen molar-refractivity contribution >= 4 is 0 Å². The van der Waals surface area contributed by atoms with Crippen LogP contribution in [-0.2, 0) is 0 Å². The second-order valence-electron chi connectivity index (χ2n) is 1.88. The monoisotopic (exact) mass is 104 g/mol. The lowest BCUT2D eigenvalue weighted by molar-refractivity contribution is 1.43. The van der Waals surface area contributed by atoms with Gasteiger partial charge in [0.15, 0.2) is 0 Å². The van der Waals surface area contributed by atoms with Gasteiger partial charge in [-0.05, 0) is 31.0 Å². The van der Waals surface area contributed by atoms with Crippen molar-refractivity contribution in [2.24, 2.45) is 0 Å². The van der Waals surface area contributed by atoms with Gasteiger partial charge in [0.1, 0.15) is 0 Å². The molecule has 0 heterocycles. The van der Waals surface area contributed by atoms with Gasteiger partial charge in [-0.2, -0.15) is 0 Å². The van der Waals surface area contributed by atoms with Gasteiger partial charge in [0.05, 0.1) is 0 Å². The minimum Gasteiger partial charge on any atom is -0.0584 e. The van der Waals surface area contributed by atoms with Gasteiger partial charge in [-0.1, -0.05) is 18.2 Å². The zero-order valence-corrected chi connectivity index (χ0v) is 4.94. The Bertz CT molecular complexity index is 160. The van der Waals surface area contributed by atoms with Crippen LogP contribution in [0.2, 0.25) is 0 Å². The van der Waals surface area contributed by atoms with Gasteiger partial charge in [-0.25, -0.2) is 0 Å². The highest BCUT2D eigenvalue weighted by atomic mass is 13.9. The van der Waals surface area contributed by atoms with Crippen molar-refractivity contribution in [2.45, 2.75) is 6.92 Å². The van der Waals surface area contributed by atoms with E-state index in [9.17, 15) is 0 Å². The predicted molar refractivity (Wildman–Crippen MR) is 34.5 cm³/mol. The van der Waals surface area contributed by atoms with Crippen LogP contribution >= 0.6 is 0 Å². The normalized spacial score (nSPS) is 9.25. The Morgan fingerprint density at radius 1 is 1.62 bits per heavy atom. The average molecular weight is 104 g/mol. The van der Waals surface area contributed by atoms with E-state index in [0.29, 0.717) is 0 Å². The maximum atomic E-state index is 3.76. The lowest BCUT2D eigenvalue weighted by Gasteiger charge is -1.89. The molecule has 8 heavy (non-hydrogen) atoms. The van der Waals surface area contributed by atoms with E-state index in [2.05, 4.69) is 13.0 Å². The van der Waals surface area contributed by atoms with Crippen LogP contribution in [0.15, 0.2) is 18.2 Å². The fourth-order valence-corrected chi connectivity index (χ4v) is 0.648. The molecule has 2 radical (unpaired) electrons. The third-order valence-electron chi connectivity index (χ3n) is 1.01. The van der Waals surface area contributed by atoms with Gasteiger partial charge in [0.2, 0.25) is 0 Å². The molecule has 0 unspecified atom stereocenters. The highest BCUT2D eigenvalue weighted by Gasteiger charge is 1.81. The average Bonchev–Trinajstić information content (AvgIpc) is 1.64. The van der Waals surface area contributed by atoms with Crippen LogP contribution in [0.4, 0.5) is 0 Å². The summed E-state index contributed by atoms with van der Waals surface area (Å²) in [7, 11) is 0. The van der Waals surface area contributed by atoms with Crippen LogP contribution < -0.4 is 0 Å². The van der Waals surface area contributed by atoms with Gasteiger partial charge in [0.25, 0.3) is 0 Å². The fraction of sp³-hybridized carbons (Fsp3) is 0.125. The summed E-state index contributed by atoms with van der Waals surface area (Å²) in [5.41, 5.74) is 2.21.